The van der Waals surface area contributed by atoms with Crippen LogP contribution in [0, 0.1) is 5.92 Å². The van der Waals surface area contributed by atoms with E-state index in [9.17, 15) is 8.42 Å². The molecule has 1 unspecified atom stereocenters. The zero-order chi connectivity index (χ0) is 14.0. The Morgan fingerprint density at radius 1 is 1.47 bits per heavy atom. The highest BCUT2D eigenvalue weighted by molar-refractivity contribution is 7.90. The van der Waals surface area contributed by atoms with Crippen molar-refractivity contribution in [1.82, 2.24) is 4.90 Å². The smallest absolute Gasteiger partial charge is 0.175 e. The molecule has 1 aromatic carbocycles. The lowest BCUT2D eigenvalue weighted by Crippen LogP contribution is -2.19. The largest absolute Gasteiger partial charge is 0.397 e. The molecule has 0 aromatic heterocycles. The van der Waals surface area contributed by atoms with Crippen molar-refractivity contribution in [2.24, 2.45) is 5.92 Å². The van der Waals surface area contributed by atoms with Gasteiger partial charge in [0, 0.05) is 19.3 Å². The molecule has 2 rings (SSSR count). The summed E-state index contributed by atoms with van der Waals surface area (Å²) in [5, 5.41) is 3.31. The molecule has 1 fully saturated rings. The predicted molar refractivity (Wildman–Crippen MR) is 78.1 cm³/mol. The first kappa shape index (κ1) is 14.1. The molecule has 0 amide bonds. The zero-order valence-electron chi connectivity index (χ0n) is 11.4. The lowest BCUT2D eigenvalue weighted by molar-refractivity contribution is 0.399. The van der Waals surface area contributed by atoms with Crippen LogP contribution in [0.2, 0.25) is 0 Å². The number of benzene rings is 1. The molecule has 0 spiro atoms. The molecule has 1 aliphatic rings. The van der Waals surface area contributed by atoms with E-state index >= 15 is 0 Å². The van der Waals surface area contributed by atoms with E-state index in [1.807, 2.05) is 0 Å². The maximum atomic E-state index is 11.4. The number of nitrogens with zero attached hydrogens (tertiary/aromatic N) is 1. The van der Waals surface area contributed by atoms with Crippen LogP contribution in [-0.2, 0) is 9.84 Å². The van der Waals surface area contributed by atoms with Gasteiger partial charge in [-0.25, -0.2) is 8.42 Å². The summed E-state index contributed by atoms with van der Waals surface area (Å²) in [6.45, 7) is 3.09. The van der Waals surface area contributed by atoms with Crippen LogP contribution in [0.15, 0.2) is 23.1 Å². The third-order valence-corrected chi connectivity index (χ3v) is 4.63. The number of nitrogens with one attached hydrogen (secondary N) is 1. The summed E-state index contributed by atoms with van der Waals surface area (Å²) in [5.74, 6) is 0.624. The molecule has 1 saturated heterocycles. The Kier molecular flexibility index (Phi) is 4.01. The first-order valence-corrected chi connectivity index (χ1v) is 8.27. The number of likely N-dealkylation sites (tertiary alicyclic amines) is 1. The highest BCUT2D eigenvalue weighted by atomic mass is 32.2. The maximum Gasteiger partial charge on any atom is 0.175 e. The van der Waals surface area contributed by atoms with Gasteiger partial charge in [0.15, 0.2) is 9.84 Å². The van der Waals surface area contributed by atoms with Crippen molar-refractivity contribution in [3.63, 3.8) is 0 Å². The van der Waals surface area contributed by atoms with E-state index < -0.39 is 9.84 Å². The minimum Gasteiger partial charge on any atom is -0.397 e. The van der Waals surface area contributed by atoms with E-state index in [1.54, 1.807) is 12.1 Å². The summed E-state index contributed by atoms with van der Waals surface area (Å²) in [6.07, 6.45) is 2.37. The Hall–Kier alpha value is -1.27. The fraction of sp³-hybridized carbons (Fsp3) is 0.538. The Balaban J connectivity index is 2.02. The molecule has 3 N–H and O–H groups in total. The van der Waals surface area contributed by atoms with E-state index in [0.29, 0.717) is 11.6 Å². The fourth-order valence-electron chi connectivity index (χ4n) is 2.38. The number of sulfone groups is 1. The third-order valence-electron chi connectivity index (χ3n) is 3.52. The number of rotatable bonds is 4. The molecule has 1 aliphatic heterocycles. The average Bonchev–Trinajstić information content (AvgIpc) is 2.72. The molecule has 1 aromatic rings. The summed E-state index contributed by atoms with van der Waals surface area (Å²) in [6, 6.07) is 4.84. The van der Waals surface area contributed by atoms with Gasteiger partial charge in [-0.15, -0.1) is 0 Å². The van der Waals surface area contributed by atoms with E-state index in [2.05, 4.69) is 17.3 Å². The van der Waals surface area contributed by atoms with Gasteiger partial charge in [0.25, 0.3) is 0 Å². The summed E-state index contributed by atoms with van der Waals surface area (Å²) in [7, 11) is -1.07. The van der Waals surface area contributed by atoms with Gasteiger partial charge in [-0.3, -0.25) is 0 Å². The zero-order valence-corrected chi connectivity index (χ0v) is 12.2. The number of nitrogens with two attached hydrogens (primary N) is 1. The van der Waals surface area contributed by atoms with Crippen LogP contribution in [0.4, 0.5) is 11.4 Å². The molecule has 106 valence electrons. The Morgan fingerprint density at radius 3 is 2.74 bits per heavy atom. The maximum absolute atomic E-state index is 11.4. The molecule has 0 bridgehead atoms. The second-order valence-corrected chi connectivity index (χ2v) is 7.33. The lowest BCUT2D eigenvalue weighted by Gasteiger charge is -2.14. The topological polar surface area (TPSA) is 75.4 Å². The summed E-state index contributed by atoms with van der Waals surface area (Å²) < 4.78 is 22.8. The number of hydrogen-bond donors (Lipinski definition) is 2. The van der Waals surface area contributed by atoms with Crippen molar-refractivity contribution in [1.29, 1.82) is 0 Å². The lowest BCUT2D eigenvalue weighted by atomic mass is 10.1. The minimum atomic E-state index is -3.19. The van der Waals surface area contributed by atoms with Crippen molar-refractivity contribution in [3.05, 3.63) is 18.2 Å². The van der Waals surface area contributed by atoms with Crippen molar-refractivity contribution < 1.29 is 8.42 Å². The van der Waals surface area contributed by atoms with Gasteiger partial charge in [0.2, 0.25) is 0 Å². The van der Waals surface area contributed by atoms with Crippen LogP contribution >= 0.6 is 0 Å². The van der Waals surface area contributed by atoms with Gasteiger partial charge in [0.05, 0.1) is 16.3 Å². The van der Waals surface area contributed by atoms with E-state index in [0.717, 1.165) is 25.3 Å². The Labute approximate surface area is 114 Å². The Morgan fingerprint density at radius 2 is 2.21 bits per heavy atom. The SMILES string of the molecule is CN1CCC(CNc2ccc(S(C)(=O)=O)cc2N)C1. The third kappa shape index (κ3) is 3.61. The molecular weight excluding hydrogens is 262 g/mol. The van der Waals surface area contributed by atoms with Gasteiger partial charge in [-0.2, -0.15) is 0 Å². The minimum absolute atomic E-state index is 0.260. The van der Waals surface area contributed by atoms with Gasteiger partial charge in [0.1, 0.15) is 0 Å². The van der Waals surface area contributed by atoms with E-state index in [1.165, 1.54) is 18.7 Å². The van der Waals surface area contributed by atoms with Crippen molar-refractivity contribution in [2.45, 2.75) is 11.3 Å². The molecule has 0 saturated carbocycles. The predicted octanol–water partition coefficient (Wildman–Crippen LogP) is 1.04. The molecule has 1 atom stereocenters. The van der Waals surface area contributed by atoms with Crippen LogP contribution in [0.5, 0.6) is 0 Å². The molecular formula is C13H21N3O2S. The van der Waals surface area contributed by atoms with Gasteiger partial charge in [-0.05, 0) is 44.1 Å². The highest BCUT2D eigenvalue weighted by Crippen LogP contribution is 2.24. The average molecular weight is 283 g/mol. The monoisotopic (exact) mass is 283 g/mol. The standard InChI is InChI=1S/C13H21N3O2S/c1-16-6-5-10(9-16)8-15-13-4-3-11(7-12(13)14)19(2,17)18/h3-4,7,10,15H,5-6,8-9,14H2,1-2H3. The van der Waals surface area contributed by atoms with Crippen molar-refractivity contribution in [2.75, 3.05) is 44.0 Å². The van der Waals surface area contributed by atoms with Crippen LogP contribution < -0.4 is 11.1 Å². The van der Waals surface area contributed by atoms with Gasteiger partial charge in [-0.1, -0.05) is 0 Å². The molecule has 6 heteroatoms. The highest BCUT2D eigenvalue weighted by Gasteiger charge is 2.19. The van der Waals surface area contributed by atoms with Crippen LogP contribution in [0.1, 0.15) is 6.42 Å². The van der Waals surface area contributed by atoms with Crippen LogP contribution in [0.25, 0.3) is 0 Å². The van der Waals surface area contributed by atoms with E-state index in [4.69, 9.17) is 5.73 Å². The summed E-state index contributed by atoms with van der Waals surface area (Å²) in [4.78, 5) is 2.57. The van der Waals surface area contributed by atoms with Gasteiger partial charge >= 0.3 is 0 Å². The summed E-state index contributed by atoms with van der Waals surface area (Å²) in [5.41, 5.74) is 7.18. The molecule has 19 heavy (non-hydrogen) atoms. The van der Waals surface area contributed by atoms with Crippen LogP contribution in [-0.4, -0.2) is 46.3 Å². The second-order valence-electron chi connectivity index (χ2n) is 5.32. The van der Waals surface area contributed by atoms with Crippen LogP contribution in [0.3, 0.4) is 0 Å². The van der Waals surface area contributed by atoms with E-state index in [-0.39, 0.29) is 4.90 Å². The first-order valence-electron chi connectivity index (χ1n) is 6.38. The summed E-state index contributed by atoms with van der Waals surface area (Å²) >= 11 is 0. The Bertz CT molecular complexity index is 557. The number of anilines is 2. The number of nitrogen functional groups attached to an aromatic ring is 1. The quantitative estimate of drug-likeness (QED) is 0.807. The first-order chi connectivity index (χ1) is 8.86. The normalized spacial score (nSPS) is 20.6. The number of hydrogen-bond acceptors (Lipinski definition) is 5. The van der Waals surface area contributed by atoms with Gasteiger partial charge < -0.3 is 16.0 Å². The molecule has 0 aliphatic carbocycles. The van der Waals surface area contributed by atoms with Crippen molar-refractivity contribution >= 4 is 21.2 Å². The fourth-order valence-corrected chi connectivity index (χ4v) is 3.04. The molecule has 5 nitrogen and oxygen atoms in total. The molecule has 0 radical (unpaired) electrons. The second kappa shape index (κ2) is 5.38. The molecule has 1 heterocycles. The van der Waals surface area contributed by atoms with Crippen molar-refractivity contribution in [3.8, 4) is 0 Å².